The quantitative estimate of drug-likeness (QED) is 0.693. The van der Waals surface area contributed by atoms with E-state index >= 15 is 0 Å². The number of rotatable bonds is 3. The number of benzene rings is 2. The lowest BCUT2D eigenvalue weighted by atomic mass is 10.0. The lowest BCUT2D eigenvalue weighted by molar-refractivity contribution is 0.414. The molecule has 2 aromatic carbocycles. The van der Waals surface area contributed by atoms with Gasteiger partial charge in [0.2, 0.25) is 0 Å². The third kappa shape index (κ3) is 3.67. The van der Waals surface area contributed by atoms with Crippen molar-refractivity contribution in [3.8, 4) is 5.75 Å². The van der Waals surface area contributed by atoms with Gasteiger partial charge in [0.1, 0.15) is 11.6 Å². The van der Waals surface area contributed by atoms with E-state index in [2.05, 4.69) is 54.5 Å². The molecule has 4 heteroatoms. The SMILES string of the molecule is COc1ccc2c(c1)C(Nc1ccc(C)c(C)c1)=NC(c1cccnc1)=CC2. The van der Waals surface area contributed by atoms with Gasteiger partial charge in [-0.25, -0.2) is 4.99 Å². The molecule has 0 saturated carbocycles. The van der Waals surface area contributed by atoms with Crippen LogP contribution in [-0.4, -0.2) is 17.9 Å². The molecular formula is C24H23N3O. The van der Waals surface area contributed by atoms with Crippen LogP contribution < -0.4 is 10.1 Å². The first kappa shape index (κ1) is 18.0. The van der Waals surface area contributed by atoms with Gasteiger partial charge >= 0.3 is 0 Å². The fourth-order valence-corrected chi connectivity index (χ4v) is 3.26. The van der Waals surface area contributed by atoms with Crippen molar-refractivity contribution in [3.05, 3.63) is 94.8 Å². The van der Waals surface area contributed by atoms with Gasteiger partial charge in [0, 0.05) is 29.2 Å². The van der Waals surface area contributed by atoms with E-state index in [-0.39, 0.29) is 0 Å². The Morgan fingerprint density at radius 2 is 1.89 bits per heavy atom. The summed E-state index contributed by atoms with van der Waals surface area (Å²) in [6.45, 7) is 4.24. The molecule has 28 heavy (non-hydrogen) atoms. The average Bonchev–Trinajstić information content (AvgIpc) is 2.90. The number of aromatic nitrogens is 1. The zero-order valence-electron chi connectivity index (χ0n) is 16.4. The van der Waals surface area contributed by atoms with Crippen LogP contribution in [-0.2, 0) is 6.42 Å². The monoisotopic (exact) mass is 369 g/mol. The zero-order valence-corrected chi connectivity index (χ0v) is 16.4. The van der Waals surface area contributed by atoms with Crippen molar-refractivity contribution in [2.45, 2.75) is 20.3 Å². The summed E-state index contributed by atoms with van der Waals surface area (Å²) in [5, 5.41) is 3.53. The molecule has 2 heterocycles. The average molecular weight is 369 g/mol. The lowest BCUT2D eigenvalue weighted by Gasteiger charge is -2.15. The molecule has 1 aliphatic rings. The van der Waals surface area contributed by atoms with Crippen molar-refractivity contribution < 1.29 is 4.74 Å². The number of aryl methyl sites for hydroxylation is 2. The van der Waals surface area contributed by atoms with Crippen molar-refractivity contribution in [2.75, 3.05) is 12.4 Å². The Morgan fingerprint density at radius 1 is 1.00 bits per heavy atom. The molecule has 0 fully saturated rings. The van der Waals surface area contributed by atoms with Gasteiger partial charge in [-0.1, -0.05) is 18.2 Å². The summed E-state index contributed by atoms with van der Waals surface area (Å²) < 4.78 is 5.46. The highest BCUT2D eigenvalue weighted by molar-refractivity contribution is 6.12. The Morgan fingerprint density at radius 3 is 2.64 bits per heavy atom. The number of allylic oxidation sites excluding steroid dienone is 1. The summed E-state index contributed by atoms with van der Waals surface area (Å²) in [6.07, 6.45) is 6.57. The summed E-state index contributed by atoms with van der Waals surface area (Å²) in [5.74, 6) is 1.63. The van der Waals surface area contributed by atoms with Gasteiger partial charge in [-0.2, -0.15) is 0 Å². The first-order valence-corrected chi connectivity index (χ1v) is 9.35. The standard InChI is InChI=1S/C24H23N3O/c1-16-6-9-20(13-17(16)2)26-24-22-14-21(28-3)10-7-18(22)8-11-23(27-24)19-5-4-12-25-15-19/h4-7,9-15H,8H2,1-3H3,(H,26,27). The highest BCUT2D eigenvalue weighted by Gasteiger charge is 2.16. The second kappa shape index (κ2) is 7.69. The molecule has 0 atom stereocenters. The van der Waals surface area contributed by atoms with E-state index in [1.165, 1.54) is 16.7 Å². The fourth-order valence-electron chi connectivity index (χ4n) is 3.26. The second-order valence-electron chi connectivity index (χ2n) is 6.94. The number of ether oxygens (including phenoxy) is 1. The summed E-state index contributed by atoms with van der Waals surface area (Å²) in [7, 11) is 1.69. The van der Waals surface area contributed by atoms with Crippen LogP contribution in [0.3, 0.4) is 0 Å². The Balaban J connectivity index is 1.81. The van der Waals surface area contributed by atoms with E-state index in [0.717, 1.165) is 40.5 Å². The normalized spacial score (nSPS) is 13.1. The van der Waals surface area contributed by atoms with E-state index < -0.39 is 0 Å². The van der Waals surface area contributed by atoms with Crippen LogP contribution in [0.5, 0.6) is 5.75 Å². The maximum atomic E-state index is 5.46. The molecule has 1 N–H and O–H groups in total. The number of nitrogens with zero attached hydrogens (tertiary/aromatic N) is 2. The van der Waals surface area contributed by atoms with Gasteiger partial charge < -0.3 is 10.1 Å². The van der Waals surface area contributed by atoms with Crippen LogP contribution in [0.15, 0.2) is 72.0 Å². The smallest absolute Gasteiger partial charge is 0.138 e. The molecule has 3 aromatic rings. The van der Waals surface area contributed by atoms with Crippen LogP contribution in [0.2, 0.25) is 0 Å². The number of pyridine rings is 1. The number of hydrogen-bond acceptors (Lipinski definition) is 4. The largest absolute Gasteiger partial charge is 0.497 e. The molecule has 0 spiro atoms. The van der Waals surface area contributed by atoms with Crippen molar-refractivity contribution in [2.24, 2.45) is 4.99 Å². The van der Waals surface area contributed by atoms with Crippen molar-refractivity contribution >= 4 is 17.2 Å². The first-order chi connectivity index (χ1) is 13.6. The maximum Gasteiger partial charge on any atom is 0.138 e. The predicted molar refractivity (Wildman–Crippen MR) is 115 cm³/mol. The van der Waals surface area contributed by atoms with E-state index in [0.29, 0.717) is 0 Å². The van der Waals surface area contributed by atoms with Gasteiger partial charge in [-0.15, -0.1) is 0 Å². The fraction of sp³-hybridized carbons (Fsp3) is 0.167. The molecule has 0 aliphatic carbocycles. The molecule has 0 saturated heterocycles. The first-order valence-electron chi connectivity index (χ1n) is 9.35. The van der Waals surface area contributed by atoms with E-state index in [9.17, 15) is 0 Å². The summed E-state index contributed by atoms with van der Waals surface area (Å²) in [6, 6.07) is 16.5. The molecule has 0 amide bonds. The maximum absolute atomic E-state index is 5.46. The Hall–Kier alpha value is -3.40. The third-order valence-corrected chi connectivity index (χ3v) is 5.05. The van der Waals surface area contributed by atoms with Gasteiger partial charge in [0.05, 0.1) is 12.8 Å². The third-order valence-electron chi connectivity index (χ3n) is 5.05. The molecule has 0 radical (unpaired) electrons. The molecule has 140 valence electrons. The Labute approximate surface area is 165 Å². The van der Waals surface area contributed by atoms with Crippen LogP contribution >= 0.6 is 0 Å². The predicted octanol–water partition coefficient (Wildman–Crippen LogP) is 5.16. The molecule has 4 nitrogen and oxygen atoms in total. The highest BCUT2D eigenvalue weighted by Crippen LogP contribution is 2.27. The van der Waals surface area contributed by atoms with Gasteiger partial charge in [0.15, 0.2) is 0 Å². The number of aliphatic imine (C=N–C) groups is 1. The second-order valence-corrected chi connectivity index (χ2v) is 6.94. The summed E-state index contributed by atoms with van der Waals surface area (Å²) in [4.78, 5) is 9.23. The zero-order chi connectivity index (χ0) is 19.5. The molecule has 4 rings (SSSR count). The van der Waals surface area contributed by atoms with Crippen molar-refractivity contribution in [1.29, 1.82) is 0 Å². The molecular weight excluding hydrogens is 346 g/mol. The minimum absolute atomic E-state index is 0.797. The summed E-state index contributed by atoms with van der Waals surface area (Å²) >= 11 is 0. The van der Waals surface area contributed by atoms with Crippen LogP contribution in [0.1, 0.15) is 27.8 Å². The topological polar surface area (TPSA) is 46.5 Å². The summed E-state index contributed by atoms with van der Waals surface area (Å²) in [5.41, 5.74) is 7.70. The Kier molecular flexibility index (Phi) is 4.94. The minimum Gasteiger partial charge on any atom is -0.497 e. The highest BCUT2D eigenvalue weighted by atomic mass is 16.5. The Bertz CT molecular complexity index is 1070. The van der Waals surface area contributed by atoms with Crippen molar-refractivity contribution in [1.82, 2.24) is 4.98 Å². The number of nitrogens with one attached hydrogen (secondary N) is 1. The van der Waals surface area contributed by atoms with Gasteiger partial charge in [-0.3, -0.25) is 4.98 Å². The van der Waals surface area contributed by atoms with Crippen molar-refractivity contribution in [3.63, 3.8) is 0 Å². The molecule has 1 aromatic heterocycles. The van der Waals surface area contributed by atoms with Crippen LogP contribution in [0, 0.1) is 13.8 Å². The molecule has 0 unspecified atom stereocenters. The number of fused-ring (bicyclic) bond motifs is 1. The van der Waals surface area contributed by atoms with E-state index in [4.69, 9.17) is 9.73 Å². The van der Waals surface area contributed by atoms with Gasteiger partial charge in [0.25, 0.3) is 0 Å². The number of anilines is 1. The van der Waals surface area contributed by atoms with E-state index in [1.807, 2.05) is 30.5 Å². The van der Waals surface area contributed by atoms with Crippen LogP contribution in [0.25, 0.3) is 5.70 Å². The molecule has 1 aliphatic heterocycles. The minimum atomic E-state index is 0.797. The van der Waals surface area contributed by atoms with E-state index in [1.54, 1.807) is 13.3 Å². The number of hydrogen-bond donors (Lipinski definition) is 1. The molecule has 0 bridgehead atoms. The van der Waals surface area contributed by atoms with Gasteiger partial charge in [-0.05, 0) is 73.4 Å². The number of methoxy groups -OCH3 is 1. The number of amidine groups is 1. The lowest BCUT2D eigenvalue weighted by Crippen LogP contribution is -2.15. The van der Waals surface area contributed by atoms with Crippen LogP contribution in [0.4, 0.5) is 5.69 Å².